The van der Waals surface area contributed by atoms with E-state index in [1.807, 2.05) is 13.0 Å². The van der Waals surface area contributed by atoms with Crippen molar-refractivity contribution in [2.24, 2.45) is 0 Å². The number of phenolic OH excluding ortho intramolecular Hbond substituents is 1. The molecule has 0 radical (unpaired) electrons. The Kier molecular flexibility index (Phi) is 3.84. The predicted molar refractivity (Wildman–Crippen MR) is 68.5 cm³/mol. The zero-order valence-electron chi connectivity index (χ0n) is 10.5. The lowest BCUT2D eigenvalue weighted by atomic mass is 10.1. The maximum Gasteiger partial charge on any atom is 0.122 e. The van der Waals surface area contributed by atoms with Gasteiger partial charge in [0, 0.05) is 24.5 Å². The Morgan fingerprint density at radius 1 is 1.50 bits per heavy atom. The number of hydrogen-bond acceptors (Lipinski definition) is 4. The number of nitrogens with one attached hydrogen (secondary N) is 2. The second kappa shape index (κ2) is 5.55. The third kappa shape index (κ3) is 2.81. The van der Waals surface area contributed by atoms with Crippen molar-refractivity contribution in [3.8, 4) is 11.5 Å². The van der Waals surface area contributed by atoms with Crippen molar-refractivity contribution < 1.29 is 9.84 Å². The van der Waals surface area contributed by atoms with Gasteiger partial charge in [-0.3, -0.25) is 0 Å². The molecule has 0 aliphatic carbocycles. The van der Waals surface area contributed by atoms with Gasteiger partial charge < -0.3 is 20.1 Å². The van der Waals surface area contributed by atoms with E-state index in [-0.39, 0.29) is 11.8 Å². The standard InChI is InChI=1S/C13H17N3O2/c1-9(13-14-5-6-15-13)16-8-10-7-11(18-2)3-4-12(10)17/h3-7,9,16-17H,8H2,1-2H3,(H,14,15). The highest BCUT2D eigenvalue weighted by Crippen LogP contribution is 2.23. The number of hydrogen-bond donors (Lipinski definition) is 3. The SMILES string of the molecule is COc1ccc(O)c(CNC(C)c2ncc[nH]2)c1. The molecule has 1 aromatic heterocycles. The predicted octanol–water partition coefficient (Wildman–Crippen LogP) is 1.97. The van der Waals surface area contributed by atoms with Crippen LogP contribution in [0.2, 0.25) is 0 Å². The number of aromatic nitrogens is 2. The van der Waals surface area contributed by atoms with Crippen LogP contribution in [0.5, 0.6) is 11.5 Å². The maximum absolute atomic E-state index is 9.75. The highest BCUT2D eigenvalue weighted by Gasteiger charge is 2.09. The summed E-state index contributed by atoms with van der Waals surface area (Å²) in [5.41, 5.74) is 0.799. The van der Waals surface area contributed by atoms with E-state index in [0.29, 0.717) is 6.54 Å². The Morgan fingerprint density at radius 2 is 2.33 bits per heavy atom. The molecule has 0 saturated carbocycles. The van der Waals surface area contributed by atoms with E-state index in [9.17, 15) is 5.11 Å². The van der Waals surface area contributed by atoms with Crippen LogP contribution in [0.1, 0.15) is 24.4 Å². The summed E-state index contributed by atoms with van der Waals surface area (Å²) in [5, 5.41) is 13.0. The summed E-state index contributed by atoms with van der Waals surface area (Å²) in [6.07, 6.45) is 3.51. The minimum atomic E-state index is 0.0885. The molecule has 0 bridgehead atoms. The van der Waals surface area contributed by atoms with Gasteiger partial charge in [0.1, 0.15) is 17.3 Å². The van der Waals surface area contributed by atoms with E-state index < -0.39 is 0 Å². The van der Waals surface area contributed by atoms with Gasteiger partial charge in [0.15, 0.2) is 0 Å². The molecule has 0 saturated heterocycles. The number of imidazole rings is 1. The molecular weight excluding hydrogens is 230 g/mol. The fourth-order valence-electron chi connectivity index (χ4n) is 1.70. The van der Waals surface area contributed by atoms with Gasteiger partial charge in [0.2, 0.25) is 0 Å². The molecule has 2 rings (SSSR count). The molecule has 5 nitrogen and oxygen atoms in total. The smallest absolute Gasteiger partial charge is 0.122 e. The third-order valence-corrected chi connectivity index (χ3v) is 2.81. The topological polar surface area (TPSA) is 70.2 Å². The van der Waals surface area contributed by atoms with E-state index in [1.54, 1.807) is 31.6 Å². The molecule has 18 heavy (non-hydrogen) atoms. The largest absolute Gasteiger partial charge is 0.508 e. The van der Waals surface area contributed by atoms with Crippen LogP contribution in [-0.2, 0) is 6.54 Å². The van der Waals surface area contributed by atoms with Crippen molar-refractivity contribution in [3.05, 3.63) is 42.0 Å². The molecular formula is C13H17N3O2. The van der Waals surface area contributed by atoms with Crippen molar-refractivity contribution in [1.82, 2.24) is 15.3 Å². The van der Waals surface area contributed by atoms with Crippen LogP contribution in [0.3, 0.4) is 0 Å². The van der Waals surface area contributed by atoms with Gasteiger partial charge in [-0.2, -0.15) is 0 Å². The summed E-state index contributed by atoms with van der Waals surface area (Å²) in [4.78, 5) is 7.23. The fraction of sp³-hybridized carbons (Fsp3) is 0.308. The summed E-state index contributed by atoms with van der Waals surface area (Å²) in [5.74, 6) is 1.86. The zero-order chi connectivity index (χ0) is 13.0. The molecule has 0 aliphatic heterocycles. The highest BCUT2D eigenvalue weighted by molar-refractivity contribution is 5.39. The van der Waals surface area contributed by atoms with Crippen LogP contribution in [-0.4, -0.2) is 22.2 Å². The van der Waals surface area contributed by atoms with Crippen molar-refractivity contribution in [2.45, 2.75) is 19.5 Å². The summed E-state index contributed by atoms with van der Waals surface area (Å²) in [7, 11) is 1.61. The molecule has 5 heteroatoms. The lowest BCUT2D eigenvalue weighted by Gasteiger charge is -2.13. The van der Waals surface area contributed by atoms with Crippen LogP contribution in [0.4, 0.5) is 0 Å². The number of ether oxygens (including phenoxy) is 1. The molecule has 0 amide bonds. The molecule has 2 aromatic rings. The molecule has 1 atom stereocenters. The summed E-state index contributed by atoms with van der Waals surface area (Å²) in [6, 6.07) is 5.27. The summed E-state index contributed by atoms with van der Waals surface area (Å²) < 4.78 is 5.13. The van der Waals surface area contributed by atoms with Crippen LogP contribution < -0.4 is 10.1 Å². The van der Waals surface area contributed by atoms with Crippen LogP contribution >= 0.6 is 0 Å². The average Bonchev–Trinajstić information content (AvgIpc) is 2.91. The fourth-order valence-corrected chi connectivity index (χ4v) is 1.70. The molecule has 1 aromatic carbocycles. The van der Waals surface area contributed by atoms with E-state index in [0.717, 1.165) is 17.1 Å². The molecule has 1 heterocycles. The number of H-pyrrole nitrogens is 1. The van der Waals surface area contributed by atoms with Crippen LogP contribution in [0.25, 0.3) is 0 Å². The van der Waals surface area contributed by atoms with Crippen molar-refractivity contribution in [3.63, 3.8) is 0 Å². The van der Waals surface area contributed by atoms with Crippen LogP contribution in [0.15, 0.2) is 30.6 Å². The Morgan fingerprint density at radius 3 is 3.00 bits per heavy atom. The lowest BCUT2D eigenvalue weighted by molar-refractivity contribution is 0.409. The van der Waals surface area contributed by atoms with E-state index in [4.69, 9.17) is 4.74 Å². The Bertz CT molecular complexity index is 497. The number of phenols is 1. The maximum atomic E-state index is 9.75. The number of aromatic amines is 1. The molecule has 3 N–H and O–H groups in total. The highest BCUT2D eigenvalue weighted by atomic mass is 16.5. The van der Waals surface area contributed by atoms with Crippen molar-refractivity contribution >= 4 is 0 Å². The van der Waals surface area contributed by atoms with Crippen molar-refractivity contribution in [1.29, 1.82) is 0 Å². The second-order valence-electron chi connectivity index (χ2n) is 4.07. The van der Waals surface area contributed by atoms with Gasteiger partial charge in [0.05, 0.1) is 13.2 Å². The second-order valence-corrected chi connectivity index (χ2v) is 4.07. The number of nitrogens with zero attached hydrogens (tertiary/aromatic N) is 1. The van der Waals surface area contributed by atoms with Crippen molar-refractivity contribution in [2.75, 3.05) is 7.11 Å². The van der Waals surface area contributed by atoms with Gasteiger partial charge in [-0.05, 0) is 25.1 Å². The molecule has 0 spiro atoms. The molecule has 0 aliphatic rings. The van der Waals surface area contributed by atoms with Crippen LogP contribution in [0, 0.1) is 0 Å². The Hall–Kier alpha value is -2.01. The summed E-state index contributed by atoms with van der Waals surface area (Å²) in [6.45, 7) is 2.56. The lowest BCUT2D eigenvalue weighted by Crippen LogP contribution is -2.19. The minimum Gasteiger partial charge on any atom is -0.508 e. The van der Waals surface area contributed by atoms with E-state index in [1.165, 1.54) is 0 Å². The number of methoxy groups -OCH3 is 1. The Labute approximate surface area is 106 Å². The quantitative estimate of drug-likeness (QED) is 0.755. The van der Waals surface area contributed by atoms with E-state index >= 15 is 0 Å². The third-order valence-electron chi connectivity index (χ3n) is 2.81. The Balaban J connectivity index is 2.01. The minimum absolute atomic E-state index is 0.0885. The van der Waals surface area contributed by atoms with Gasteiger partial charge in [0.25, 0.3) is 0 Å². The molecule has 0 fully saturated rings. The van der Waals surface area contributed by atoms with Gasteiger partial charge >= 0.3 is 0 Å². The number of aromatic hydroxyl groups is 1. The van der Waals surface area contributed by atoms with E-state index in [2.05, 4.69) is 15.3 Å². The monoisotopic (exact) mass is 247 g/mol. The number of benzene rings is 1. The van der Waals surface area contributed by atoms with Gasteiger partial charge in [-0.25, -0.2) is 4.98 Å². The first kappa shape index (κ1) is 12.4. The average molecular weight is 247 g/mol. The first-order valence-electron chi connectivity index (χ1n) is 5.79. The summed E-state index contributed by atoms with van der Waals surface area (Å²) >= 11 is 0. The normalized spacial score (nSPS) is 12.3. The molecule has 1 unspecified atom stereocenters. The van der Waals surface area contributed by atoms with Gasteiger partial charge in [-0.15, -0.1) is 0 Å². The molecule has 96 valence electrons. The van der Waals surface area contributed by atoms with Gasteiger partial charge in [-0.1, -0.05) is 0 Å². The number of rotatable bonds is 5. The zero-order valence-corrected chi connectivity index (χ0v) is 10.5. The first-order chi connectivity index (χ1) is 8.70. The first-order valence-corrected chi connectivity index (χ1v) is 5.79.